The van der Waals surface area contributed by atoms with Gasteiger partial charge in [0.15, 0.2) is 0 Å². The van der Waals surface area contributed by atoms with Crippen LogP contribution in [0.15, 0.2) is 36.2 Å². The van der Waals surface area contributed by atoms with E-state index in [0.717, 1.165) is 17.0 Å². The molecular formula is C10H10BFN2. The van der Waals surface area contributed by atoms with Gasteiger partial charge in [-0.05, 0) is 36.9 Å². The number of nitrogens with zero attached hydrogens (tertiary/aromatic N) is 2. The summed E-state index contributed by atoms with van der Waals surface area (Å²) in [7, 11) is -1.05. The van der Waals surface area contributed by atoms with Gasteiger partial charge >= 0.3 is 7.26 Å². The van der Waals surface area contributed by atoms with Gasteiger partial charge in [0.25, 0.3) is 0 Å². The van der Waals surface area contributed by atoms with Crippen molar-refractivity contribution < 1.29 is 4.32 Å². The Labute approximate surface area is 82.5 Å². The van der Waals surface area contributed by atoms with Crippen molar-refractivity contribution in [1.29, 1.82) is 0 Å². The predicted octanol–water partition coefficient (Wildman–Crippen LogP) is 1.91. The summed E-state index contributed by atoms with van der Waals surface area (Å²) in [6.07, 6.45) is 5.79. The monoisotopic (exact) mass is 188 g/mol. The van der Waals surface area contributed by atoms with Gasteiger partial charge < -0.3 is 9.29 Å². The lowest BCUT2D eigenvalue weighted by Gasteiger charge is -2.29. The molecule has 70 valence electrons. The molecule has 0 atom stereocenters. The molecule has 1 aromatic rings. The van der Waals surface area contributed by atoms with E-state index in [2.05, 4.69) is 0 Å². The highest BCUT2D eigenvalue weighted by molar-refractivity contribution is 6.48. The van der Waals surface area contributed by atoms with Crippen molar-refractivity contribution in [2.75, 3.05) is 6.54 Å². The standard InChI is InChI=1S/C10H10BFN2/c1-8-9-4-2-6-13(9)11(12)14-7-3-5-10(8)14/h2-6H,7H2,1H3. The van der Waals surface area contributed by atoms with Crippen LogP contribution in [0.2, 0.25) is 0 Å². The molecule has 0 saturated heterocycles. The molecule has 2 aliphatic rings. The second-order valence-electron chi connectivity index (χ2n) is 3.68. The third-order valence-electron chi connectivity index (χ3n) is 2.92. The van der Waals surface area contributed by atoms with E-state index in [0.29, 0.717) is 6.54 Å². The minimum Gasteiger partial charge on any atom is -0.363 e. The van der Waals surface area contributed by atoms with Gasteiger partial charge in [-0.25, -0.2) is 0 Å². The summed E-state index contributed by atoms with van der Waals surface area (Å²) < 4.78 is 15.6. The number of aromatic nitrogens is 1. The van der Waals surface area contributed by atoms with Crippen molar-refractivity contribution in [2.45, 2.75) is 6.92 Å². The molecular weight excluding hydrogens is 178 g/mol. The number of fused-ring (bicyclic) bond motifs is 2. The summed E-state index contributed by atoms with van der Waals surface area (Å²) in [5.74, 6) is 0. The molecule has 4 heteroatoms. The number of allylic oxidation sites excluding steroid dienone is 2. The maximum absolute atomic E-state index is 14.0. The molecule has 0 aliphatic carbocycles. The van der Waals surface area contributed by atoms with E-state index in [-0.39, 0.29) is 0 Å². The van der Waals surface area contributed by atoms with Crippen molar-refractivity contribution in [3.63, 3.8) is 0 Å². The van der Waals surface area contributed by atoms with E-state index in [9.17, 15) is 4.32 Å². The highest BCUT2D eigenvalue weighted by Gasteiger charge is 2.36. The van der Waals surface area contributed by atoms with Gasteiger partial charge in [0.1, 0.15) is 0 Å². The molecule has 0 bridgehead atoms. The van der Waals surface area contributed by atoms with Crippen LogP contribution in [-0.4, -0.2) is 23.1 Å². The van der Waals surface area contributed by atoms with Gasteiger partial charge in [-0.2, -0.15) is 0 Å². The van der Waals surface area contributed by atoms with E-state index in [1.807, 2.05) is 31.2 Å². The minimum absolute atomic E-state index is 0.672. The Bertz CT molecular complexity index is 447. The van der Waals surface area contributed by atoms with E-state index >= 15 is 0 Å². The van der Waals surface area contributed by atoms with Crippen LogP contribution in [0.1, 0.15) is 12.6 Å². The minimum atomic E-state index is -1.05. The zero-order valence-corrected chi connectivity index (χ0v) is 7.94. The Morgan fingerprint density at radius 2 is 2.36 bits per heavy atom. The Balaban J connectivity index is 2.25. The zero-order chi connectivity index (χ0) is 9.71. The Morgan fingerprint density at radius 3 is 3.21 bits per heavy atom. The van der Waals surface area contributed by atoms with Crippen molar-refractivity contribution in [3.05, 3.63) is 41.9 Å². The molecule has 0 aromatic carbocycles. The van der Waals surface area contributed by atoms with Gasteiger partial charge in [0.2, 0.25) is 0 Å². The smallest absolute Gasteiger partial charge is 0.363 e. The van der Waals surface area contributed by atoms with E-state index < -0.39 is 7.26 Å². The molecule has 3 rings (SSSR count). The summed E-state index contributed by atoms with van der Waals surface area (Å²) in [4.78, 5) is 1.77. The highest BCUT2D eigenvalue weighted by Crippen LogP contribution is 2.31. The molecule has 3 heterocycles. The normalized spacial score (nSPS) is 19.0. The fourth-order valence-corrected chi connectivity index (χ4v) is 2.19. The summed E-state index contributed by atoms with van der Waals surface area (Å²) in [5, 5.41) is 0. The fraction of sp³-hybridized carbons (Fsp3) is 0.200. The first-order valence-corrected chi connectivity index (χ1v) is 4.74. The van der Waals surface area contributed by atoms with Crippen LogP contribution < -0.4 is 0 Å². The maximum Gasteiger partial charge on any atom is 0.592 e. The lowest BCUT2D eigenvalue weighted by molar-refractivity contribution is 0.532. The topological polar surface area (TPSA) is 8.17 Å². The van der Waals surface area contributed by atoms with Crippen LogP contribution in [0, 0.1) is 0 Å². The molecule has 0 unspecified atom stereocenters. The van der Waals surface area contributed by atoms with Crippen LogP contribution in [0.3, 0.4) is 0 Å². The van der Waals surface area contributed by atoms with Crippen molar-refractivity contribution in [3.8, 4) is 0 Å². The third kappa shape index (κ3) is 0.807. The Hall–Kier alpha value is -1.45. The Kier molecular flexibility index (Phi) is 1.43. The van der Waals surface area contributed by atoms with Gasteiger partial charge in [-0.15, -0.1) is 0 Å². The third-order valence-corrected chi connectivity index (χ3v) is 2.92. The molecule has 0 saturated carbocycles. The SMILES string of the molecule is CC1=C2C=CCN2B(F)n2cccc21. The molecule has 0 radical (unpaired) electrons. The van der Waals surface area contributed by atoms with Crippen LogP contribution in [0.5, 0.6) is 0 Å². The van der Waals surface area contributed by atoms with Gasteiger partial charge in [0.05, 0.1) is 0 Å². The summed E-state index contributed by atoms with van der Waals surface area (Å²) in [6.45, 7) is 2.71. The first kappa shape index (κ1) is 7.91. The highest BCUT2D eigenvalue weighted by atomic mass is 19.1. The molecule has 2 nitrogen and oxygen atoms in total. The molecule has 0 N–H and O–H groups in total. The molecule has 1 aromatic heterocycles. The maximum atomic E-state index is 14.0. The van der Waals surface area contributed by atoms with Crippen LogP contribution in [0.4, 0.5) is 4.32 Å². The quantitative estimate of drug-likeness (QED) is 0.564. The lowest BCUT2D eigenvalue weighted by atomic mass is 9.93. The number of hydrogen-bond acceptors (Lipinski definition) is 1. The van der Waals surface area contributed by atoms with E-state index in [1.165, 1.54) is 0 Å². The molecule has 2 aliphatic heterocycles. The first-order valence-electron chi connectivity index (χ1n) is 4.74. The van der Waals surface area contributed by atoms with Crippen LogP contribution >= 0.6 is 0 Å². The van der Waals surface area contributed by atoms with Gasteiger partial charge in [0, 0.05) is 17.9 Å². The second-order valence-corrected chi connectivity index (χ2v) is 3.68. The lowest BCUT2D eigenvalue weighted by Crippen LogP contribution is -2.42. The molecule has 0 spiro atoms. The largest absolute Gasteiger partial charge is 0.592 e. The number of halogens is 1. The summed E-state index contributed by atoms with van der Waals surface area (Å²) in [5.41, 5.74) is 3.15. The summed E-state index contributed by atoms with van der Waals surface area (Å²) >= 11 is 0. The summed E-state index contributed by atoms with van der Waals surface area (Å²) in [6, 6.07) is 3.84. The van der Waals surface area contributed by atoms with E-state index in [1.54, 1.807) is 15.5 Å². The number of rotatable bonds is 0. The average molecular weight is 188 g/mol. The van der Waals surface area contributed by atoms with Crippen molar-refractivity contribution in [1.82, 2.24) is 9.29 Å². The van der Waals surface area contributed by atoms with Gasteiger partial charge in [-0.1, -0.05) is 6.08 Å². The van der Waals surface area contributed by atoms with Crippen molar-refractivity contribution in [2.24, 2.45) is 0 Å². The Morgan fingerprint density at radius 1 is 1.50 bits per heavy atom. The fourth-order valence-electron chi connectivity index (χ4n) is 2.19. The van der Waals surface area contributed by atoms with Crippen molar-refractivity contribution >= 4 is 12.8 Å². The van der Waals surface area contributed by atoms with E-state index in [4.69, 9.17) is 0 Å². The molecule has 0 fully saturated rings. The average Bonchev–Trinajstić information content (AvgIpc) is 2.82. The van der Waals surface area contributed by atoms with Crippen LogP contribution in [-0.2, 0) is 0 Å². The predicted molar refractivity (Wildman–Crippen MR) is 55.1 cm³/mol. The molecule has 14 heavy (non-hydrogen) atoms. The first-order chi connectivity index (χ1) is 6.79. The molecule has 0 amide bonds. The van der Waals surface area contributed by atoms with Gasteiger partial charge in [-0.3, -0.25) is 4.32 Å². The number of hydrogen-bond donors (Lipinski definition) is 0. The zero-order valence-electron chi connectivity index (χ0n) is 7.94. The van der Waals surface area contributed by atoms with Crippen LogP contribution in [0.25, 0.3) is 5.57 Å². The second kappa shape index (κ2) is 2.53.